The number of aliphatic hydroxyl groups is 1. The second-order valence-corrected chi connectivity index (χ2v) is 5.67. The molecule has 0 aliphatic carbocycles. The number of hydrogen-bond donors (Lipinski definition) is 2. The summed E-state index contributed by atoms with van der Waals surface area (Å²) in [6.07, 6.45) is -0.668. The number of rotatable bonds is 7. The summed E-state index contributed by atoms with van der Waals surface area (Å²) in [4.78, 5) is 11.8. The fraction of sp³-hybridized carbons (Fsp3) is 0.316. The molecular formula is C19H22FNO3. The molecule has 2 aromatic rings. The molecule has 24 heavy (non-hydrogen) atoms. The molecule has 0 spiro atoms. The SMILES string of the molecule is Cc1cccc(OCCC(=O)NCC(O)c2ccc(F)cc2)c1C. The third-order valence-corrected chi connectivity index (χ3v) is 3.89. The molecular weight excluding hydrogens is 309 g/mol. The van der Waals surface area contributed by atoms with E-state index in [1.807, 2.05) is 32.0 Å². The number of hydrogen-bond acceptors (Lipinski definition) is 3. The van der Waals surface area contributed by atoms with Gasteiger partial charge in [-0.2, -0.15) is 0 Å². The van der Waals surface area contributed by atoms with E-state index in [4.69, 9.17) is 4.74 Å². The first-order valence-corrected chi connectivity index (χ1v) is 7.86. The Morgan fingerprint density at radius 1 is 1.21 bits per heavy atom. The van der Waals surface area contributed by atoms with Gasteiger partial charge in [-0.1, -0.05) is 24.3 Å². The second kappa shape index (κ2) is 8.45. The van der Waals surface area contributed by atoms with Gasteiger partial charge in [0.1, 0.15) is 11.6 Å². The number of carbonyl (C=O) groups excluding carboxylic acids is 1. The van der Waals surface area contributed by atoms with Crippen LogP contribution in [-0.2, 0) is 4.79 Å². The van der Waals surface area contributed by atoms with Crippen LogP contribution in [0.1, 0.15) is 29.2 Å². The van der Waals surface area contributed by atoms with Gasteiger partial charge in [0.15, 0.2) is 0 Å². The van der Waals surface area contributed by atoms with Crippen molar-refractivity contribution in [2.24, 2.45) is 0 Å². The summed E-state index contributed by atoms with van der Waals surface area (Å²) in [7, 11) is 0. The van der Waals surface area contributed by atoms with Crippen LogP contribution in [0.5, 0.6) is 5.75 Å². The Hall–Kier alpha value is -2.40. The van der Waals surface area contributed by atoms with Crippen molar-refractivity contribution in [2.75, 3.05) is 13.2 Å². The van der Waals surface area contributed by atoms with Crippen molar-refractivity contribution in [3.8, 4) is 5.75 Å². The molecule has 4 nitrogen and oxygen atoms in total. The molecule has 0 aromatic heterocycles. The molecule has 0 heterocycles. The molecule has 1 unspecified atom stereocenters. The first kappa shape index (κ1) is 17.9. The van der Waals surface area contributed by atoms with Crippen LogP contribution in [0.15, 0.2) is 42.5 Å². The largest absolute Gasteiger partial charge is 0.493 e. The van der Waals surface area contributed by atoms with Gasteiger partial charge in [0.2, 0.25) is 5.91 Å². The molecule has 0 saturated heterocycles. The maximum atomic E-state index is 12.8. The molecule has 0 bridgehead atoms. The molecule has 0 aliphatic heterocycles. The summed E-state index contributed by atoms with van der Waals surface area (Å²) in [5.41, 5.74) is 2.76. The number of aryl methyl sites for hydroxylation is 1. The van der Waals surface area contributed by atoms with E-state index in [9.17, 15) is 14.3 Å². The van der Waals surface area contributed by atoms with Crippen LogP contribution < -0.4 is 10.1 Å². The average molecular weight is 331 g/mol. The zero-order chi connectivity index (χ0) is 17.5. The van der Waals surface area contributed by atoms with Crippen molar-refractivity contribution in [1.82, 2.24) is 5.32 Å². The second-order valence-electron chi connectivity index (χ2n) is 5.67. The first-order chi connectivity index (χ1) is 11.5. The van der Waals surface area contributed by atoms with Crippen LogP contribution in [0.4, 0.5) is 4.39 Å². The van der Waals surface area contributed by atoms with Gasteiger partial charge >= 0.3 is 0 Å². The number of halogens is 1. The summed E-state index contributed by atoms with van der Waals surface area (Å²) in [5.74, 6) is 0.203. The van der Waals surface area contributed by atoms with Crippen LogP contribution in [0.3, 0.4) is 0 Å². The zero-order valence-corrected chi connectivity index (χ0v) is 13.9. The predicted molar refractivity (Wildman–Crippen MR) is 90.4 cm³/mol. The van der Waals surface area contributed by atoms with E-state index in [1.165, 1.54) is 24.3 Å². The van der Waals surface area contributed by atoms with E-state index in [-0.39, 0.29) is 31.3 Å². The highest BCUT2D eigenvalue weighted by Gasteiger charge is 2.10. The summed E-state index contributed by atoms with van der Waals surface area (Å²) in [6.45, 7) is 4.33. The fourth-order valence-corrected chi connectivity index (χ4v) is 2.24. The highest BCUT2D eigenvalue weighted by molar-refractivity contribution is 5.76. The topological polar surface area (TPSA) is 58.6 Å². The van der Waals surface area contributed by atoms with E-state index in [0.29, 0.717) is 5.56 Å². The fourth-order valence-electron chi connectivity index (χ4n) is 2.24. The van der Waals surface area contributed by atoms with Crippen molar-refractivity contribution < 1.29 is 19.0 Å². The van der Waals surface area contributed by atoms with Gasteiger partial charge in [-0.25, -0.2) is 4.39 Å². The highest BCUT2D eigenvalue weighted by Crippen LogP contribution is 2.20. The van der Waals surface area contributed by atoms with Crippen LogP contribution in [0, 0.1) is 19.7 Å². The van der Waals surface area contributed by atoms with Gasteiger partial charge in [0.25, 0.3) is 0 Å². The van der Waals surface area contributed by atoms with E-state index >= 15 is 0 Å². The number of ether oxygens (including phenoxy) is 1. The van der Waals surface area contributed by atoms with Gasteiger partial charge < -0.3 is 15.2 Å². The Morgan fingerprint density at radius 2 is 1.92 bits per heavy atom. The van der Waals surface area contributed by atoms with Crippen LogP contribution in [0.2, 0.25) is 0 Å². The lowest BCUT2D eigenvalue weighted by Crippen LogP contribution is -2.29. The standard InChI is InChI=1S/C19H22FNO3/c1-13-4-3-5-18(14(13)2)24-11-10-19(23)21-12-17(22)15-6-8-16(20)9-7-15/h3-9,17,22H,10-12H2,1-2H3,(H,21,23). The number of aliphatic hydroxyl groups excluding tert-OH is 1. The Morgan fingerprint density at radius 3 is 2.62 bits per heavy atom. The Labute approximate surface area is 141 Å². The molecule has 2 N–H and O–H groups in total. The maximum absolute atomic E-state index is 12.8. The molecule has 0 radical (unpaired) electrons. The summed E-state index contributed by atoms with van der Waals surface area (Å²) >= 11 is 0. The van der Waals surface area contributed by atoms with Gasteiger partial charge in [-0.3, -0.25) is 4.79 Å². The van der Waals surface area contributed by atoms with Crippen LogP contribution in [0.25, 0.3) is 0 Å². The van der Waals surface area contributed by atoms with Gasteiger partial charge in [0.05, 0.1) is 19.1 Å². The minimum Gasteiger partial charge on any atom is -0.493 e. The van der Waals surface area contributed by atoms with Gasteiger partial charge in [-0.15, -0.1) is 0 Å². The van der Waals surface area contributed by atoms with E-state index < -0.39 is 6.10 Å². The normalized spacial score (nSPS) is 11.8. The molecule has 1 amide bonds. The Balaban J connectivity index is 1.73. The monoisotopic (exact) mass is 331 g/mol. The zero-order valence-electron chi connectivity index (χ0n) is 13.9. The minimum absolute atomic E-state index is 0.0773. The lowest BCUT2D eigenvalue weighted by atomic mass is 10.1. The highest BCUT2D eigenvalue weighted by atomic mass is 19.1. The third kappa shape index (κ3) is 5.06. The summed E-state index contributed by atoms with van der Waals surface area (Å²) in [6, 6.07) is 11.3. The molecule has 2 rings (SSSR count). The van der Waals surface area contributed by atoms with Crippen LogP contribution >= 0.6 is 0 Å². The van der Waals surface area contributed by atoms with Crippen molar-refractivity contribution in [2.45, 2.75) is 26.4 Å². The third-order valence-electron chi connectivity index (χ3n) is 3.89. The first-order valence-electron chi connectivity index (χ1n) is 7.86. The summed E-state index contributed by atoms with van der Waals surface area (Å²) < 4.78 is 18.5. The Kier molecular flexibility index (Phi) is 6.32. The molecule has 1 atom stereocenters. The van der Waals surface area contributed by atoms with Crippen molar-refractivity contribution in [1.29, 1.82) is 0 Å². The minimum atomic E-state index is -0.866. The molecule has 5 heteroatoms. The van der Waals surface area contributed by atoms with Gasteiger partial charge in [0, 0.05) is 6.54 Å². The van der Waals surface area contributed by atoms with Crippen molar-refractivity contribution >= 4 is 5.91 Å². The molecule has 0 saturated carbocycles. The average Bonchev–Trinajstić information content (AvgIpc) is 2.57. The quantitative estimate of drug-likeness (QED) is 0.820. The smallest absolute Gasteiger partial charge is 0.223 e. The molecule has 128 valence electrons. The van der Waals surface area contributed by atoms with Gasteiger partial charge in [-0.05, 0) is 48.7 Å². The number of benzene rings is 2. The molecule has 2 aromatic carbocycles. The molecule has 0 aliphatic rings. The number of nitrogens with one attached hydrogen (secondary N) is 1. The number of carbonyl (C=O) groups is 1. The Bertz CT molecular complexity index is 686. The number of amides is 1. The van der Waals surface area contributed by atoms with Crippen molar-refractivity contribution in [3.05, 3.63) is 65.0 Å². The lowest BCUT2D eigenvalue weighted by molar-refractivity contribution is -0.122. The summed E-state index contributed by atoms with van der Waals surface area (Å²) in [5, 5.41) is 12.6. The lowest BCUT2D eigenvalue weighted by Gasteiger charge is -2.13. The van der Waals surface area contributed by atoms with E-state index in [0.717, 1.165) is 16.9 Å². The van der Waals surface area contributed by atoms with E-state index in [1.54, 1.807) is 0 Å². The predicted octanol–water partition coefficient (Wildman–Crippen LogP) is 3.06. The maximum Gasteiger partial charge on any atom is 0.223 e. The van der Waals surface area contributed by atoms with Crippen molar-refractivity contribution in [3.63, 3.8) is 0 Å². The molecule has 0 fully saturated rings. The van der Waals surface area contributed by atoms with Crippen LogP contribution in [-0.4, -0.2) is 24.2 Å². The van der Waals surface area contributed by atoms with E-state index in [2.05, 4.69) is 5.32 Å².